The van der Waals surface area contributed by atoms with Gasteiger partial charge in [-0.1, -0.05) is 18.2 Å². The van der Waals surface area contributed by atoms with Crippen LogP contribution < -0.4 is 5.32 Å². The zero-order valence-corrected chi connectivity index (χ0v) is 11.2. The Kier molecular flexibility index (Phi) is 6.13. The molecule has 0 bridgehead atoms. The maximum absolute atomic E-state index is 10.6. The molecule has 98 valence electrons. The Balaban J connectivity index is 0.00000128. The SMILES string of the molecule is Cc1cccc(C2(O)CCCNC2)c1C.Cl.O. The monoisotopic (exact) mass is 259 g/mol. The van der Waals surface area contributed by atoms with E-state index in [-0.39, 0.29) is 17.9 Å². The van der Waals surface area contributed by atoms with Gasteiger partial charge in [0.1, 0.15) is 5.60 Å². The number of benzene rings is 1. The van der Waals surface area contributed by atoms with E-state index in [1.54, 1.807) is 0 Å². The molecule has 0 amide bonds. The molecular weight excluding hydrogens is 238 g/mol. The molecule has 1 atom stereocenters. The van der Waals surface area contributed by atoms with Crippen molar-refractivity contribution in [2.75, 3.05) is 13.1 Å². The number of nitrogens with one attached hydrogen (secondary N) is 1. The van der Waals surface area contributed by atoms with Crippen LogP contribution in [0.2, 0.25) is 0 Å². The van der Waals surface area contributed by atoms with Crippen LogP contribution in [0.5, 0.6) is 0 Å². The van der Waals surface area contributed by atoms with Crippen LogP contribution in [0, 0.1) is 13.8 Å². The lowest BCUT2D eigenvalue weighted by Crippen LogP contribution is -2.43. The van der Waals surface area contributed by atoms with Gasteiger partial charge >= 0.3 is 0 Å². The second-order valence-corrected chi connectivity index (χ2v) is 4.56. The molecular formula is C13H22ClNO2. The normalized spacial score (nSPS) is 23.5. The summed E-state index contributed by atoms with van der Waals surface area (Å²) in [6.45, 7) is 5.89. The zero-order valence-electron chi connectivity index (χ0n) is 10.4. The molecule has 1 heterocycles. The second kappa shape index (κ2) is 6.36. The third-order valence-corrected chi connectivity index (χ3v) is 3.47. The fourth-order valence-corrected chi connectivity index (χ4v) is 2.37. The van der Waals surface area contributed by atoms with Gasteiger partial charge in [0, 0.05) is 6.54 Å². The fraction of sp³-hybridized carbons (Fsp3) is 0.538. The molecule has 4 N–H and O–H groups in total. The zero-order chi connectivity index (χ0) is 10.9. The van der Waals surface area contributed by atoms with Crippen molar-refractivity contribution in [1.29, 1.82) is 0 Å². The first-order valence-corrected chi connectivity index (χ1v) is 5.63. The Hall–Kier alpha value is -0.610. The van der Waals surface area contributed by atoms with Gasteiger partial charge in [0.25, 0.3) is 0 Å². The minimum Gasteiger partial charge on any atom is -0.412 e. The molecule has 4 heteroatoms. The Labute approximate surface area is 109 Å². The highest BCUT2D eigenvalue weighted by atomic mass is 35.5. The first-order valence-electron chi connectivity index (χ1n) is 5.63. The highest BCUT2D eigenvalue weighted by molar-refractivity contribution is 5.85. The van der Waals surface area contributed by atoms with Crippen molar-refractivity contribution < 1.29 is 10.6 Å². The number of rotatable bonds is 1. The van der Waals surface area contributed by atoms with Crippen molar-refractivity contribution in [3.05, 3.63) is 34.9 Å². The van der Waals surface area contributed by atoms with E-state index >= 15 is 0 Å². The Morgan fingerprint density at radius 2 is 2.00 bits per heavy atom. The van der Waals surface area contributed by atoms with Crippen LogP contribution in [-0.4, -0.2) is 23.7 Å². The molecule has 1 aliphatic heterocycles. The molecule has 0 radical (unpaired) electrons. The predicted molar refractivity (Wildman–Crippen MR) is 72.8 cm³/mol. The third kappa shape index (κ3) is 3.19. The van der Waals surface area contributed by atoms with E-state index in [0.29, 0.717) is 6.54 Å². The number of piperidine rings is 1. The van der Waals surface area contributed by atoms with Crippen LogP contribution in [0.15, 0.2) is 18.2 Å². The maximum Gasteiger partial charge on any atom is 0.102 e. The van der Waals surface area contributed by atoms with Gasteiger partial charge < -0.3 is 15.9 Å². The molecule has 0 aromatic heterocycles. The van der Waals surface area contributed by atoms with Crippen LogP contribution in [0.4, 0.5) is 0 Å². The quantitative estimate of drug-likeness (QED) is 0.802. The van der Waals surface area contributed by atoms with E-state index in [1.165, 1.54) is 11.1 Å². The van der Waals surface area contributed by atoms with Crippen LogP contribution in [0.1, 0.15) is 29.5 Å². The summed E-state index contributed by atoms with van der Waals surface area (Å²) in [5.74, 6) is 0. The molecule has 1 saturated heterocycles. The van der Waals surface area contributed by atoms with Gasteiger partial charge in [-0.25, -0.2) is 0 Å². The van der Waals surface area contributed by atoms with Crippen molar-refractivity contribution in [3.8, 4) is 0 Å². The van der Waals surface area contributed by atoms with E-state index in [2.05, 4.69) is 31.3 Å². The lowest BCUT2D eigenvalue weighted by Gasteiger charge is -2.34. The summed E-state index contributed by atoms with van der Waals surface area (Å²) in [5, 5.41) is 13.9. The number of β-amino-alcohol motifs (C(OH)–C–C–N with tert-alkyl or cyclic N) is 1. The molecule has 3 nitrogen and oxygen atoms in total. The number of aliphatic hydroxyl groups is 1. The summed E-state index contributed by atoms with van der Waals surface area (Å²) >= 11 is 0. The van der Waals surface area contributed by atoms with E-state index in [4.69, 9.17) is 0 Å². The van der Waals surface area contributed by atoms with Crippen LogP contribution >= 0.6 is 12.4 Å². The first-order chi connectivity index (χ1) is 7.13. The van der Waals surface area contributed by atoms with E-state index in [0.717, 1.165) is 24.9 Å². The standard InChI is InChI=1S/C13H19NO.ClH.H2O/c1-10-5-3-6-12(11(10)2)13(15)7-4-8-14-9-13;;/h3,5-6,14-15H,4,7-9H2,1-2H3;1H;1H2. The van der Waals surface area contributed by atoms with Crippen LogP contribution in [0.25, 0.3) is 0 Å². The molecule has 2 rings (SSSR count). The van der Waals surface area contributed by atoms with Crippen molar-refractivity contribution >= 4 is 12.4 Å². The van der Waals surface area contributed by atoms with E-state index in [9.17, 15) is 5.11 Å². The van der Waals surface area contributed by atoms with Crippen molar-refractivity contribution in [2.45, 2.75) is 32.3 Å². The molecule has 1 aromatic rings. The smallest absolute Gasteiger partial charge is 0.102 e. The fourth-order valence-electron chi connectivity index (χ4n) is 2.37. The molecule has 1 unspecified atom stereocenters. The highest BCUT2D eigenvalue weighted by Crippen LogP contribution is 2.31. The number of hydrogen-bond acceptors (Lipinski definition) is 2. The van der Waals surface area contributed by atoms with Gasteiger partial charge in [-0.05, 0) is 49.9 Å². The van der Waals surface area contributed by atoms with Gasteiger partial charge in [0.15, 0.2) is 0 Å². The van der Waals surface area contributed by atoms with Gasteiger partial charge in [0.05, 0.1) is 0 Å². The molecule has 0 aliphatic carbocycles. The number of halogens is 1. The number of aryl methyl sites for hydroxylation is 1. The Bertz CT molecular complexity index is 362. The molecule has 0 saturated carbocycles. The summed E-state index contributed by atoms with van der Waals surface area (Å²) in [6, 6.07) is 6.18. The lowest BCUT2D eigenvalue weighted by molar-refractivity contribution is 0.0117. The Morgan fingerprint density at radius 1 is 1.29 bits per heavy atom. The average molecular weight is 260 g/mol. The average Bonchev–Trinajstić information content (AvgIpc) is 2.23. The first kappa shape index (κ1) is 16.4. The maximum atomic E-state index is 10.6. The van der Waals surface area contributed by atoms with Crippen LogP contribution in [0.3, 0.4) is 0 Å². The van der Waals surface area contributed by atoms with Crippen molar-refractivity contribution in [3.63, 3.8) is 0 Å². The lowest BCUT2D eigenvalue weighted by atomic mass is 9.83. The summed E-state index contributed by atoms with van der Waals surface area (Å²) in [5.41, 5.74) is 2.92. The second-order valence-electron chi connectivity index (χ2n) is 4.56. The summed E-state index contributed by atoms with van der Waals surface area (Å²) in [4.78, 5) is 0. The summed E-state index contributed by atoms with van der Waals surface area (Å²) in [6.07, 6.45) is 1.91. The molecule has 1 aromatic carbocycles. The van der Waals surface area contributed by atoms with Crippen molar-refractivity contribution in [2.24, 2.45) is 0 Å². The summed E-state index contributed by atoms with van der Waals surface area (Å²) in [7, 11) is 0. The minimum atomic E-state index is -0.658. The van der Waals surface area contributed by atoms with Gasteiger partial charge in [-0.2, -0.15) is 0 Å². The Morgan fingerprint density at radius 3 is 2.59 bits per heavy atom. The topological polar surface area (TPSA) is 63.8 Å². The van der Waals surface area contributed by atoms with Gasteiger partial charge in [0.2, 0.25) is 0 Å². The summed E-state index contributed by atoms with van der Waals surface area (Å²) < 4.78 is 0. The third-order valence-electron chi connectivity index (χ3n) is 3.47. The molecule has 1 aliphatic rings. The van der Waals surface area contributed by atoms with Crippen LogP contribution in [-0.2, 0) is 5.60 Å². The van der Waals surface area contributed by atoms with Gasteiger partial charge in [-0.15, -0.1) is 12.4 Å². The molecule has 1 fully saturated rings. The minimum absolute atomic E-state index is 0. The van der Waals surface area contributed by atoms with E-state index in [1.807, 2.05) is 6.07 Å². The largest absolute Gasteiger partial charge is 0.412 e. The van der Waals surface area contributed by atoms with Crippen molar-refractivity contribution in [1.82, 2.24) is 5.32 Å². The highest BCUT2D eigenvalue weighted by Gasteiger charge is 2.32. The predicted octanol–water partition coefficient (Wildman–Crippen LogP) is 1.47. The van der Waals surface area contributed by atoms with E-state index < -0.39 is 5.60 Å². The molecule has 17 heavy (non-hydrogen) atoms. The molecule has 0 spiro atoms. The van der Waals surface area contributed by atoms with Gasteiger partial charge in [-0.3, -0.25) is 0 Å². The number of hydrogen-bond donors (Lipinski definition) is 2.